The Hall–Kier alpha value is -1.14. The van der Waals surface area contributed by atoms with E-state index in [4.69, 9.17) is 9.84 Å². The first-order valence-electron chi connectivity index (χ1n) is 7.92. The van der Waals surface area contributed by atoms with Crippen molar-refractivity contribution in [3.8, 4) is 0 Å². The molecule has 2 unspecified atom stereocenters. The van der Waals surface area contributed by atoms with E-state index < -0.39 is 5.97 Å². The van der Waals surface area contributed by atoms with E-state index in [0.717, 1.165) is 32.2 Å². The molecule has 2 N–H and O–H groups in total. The third kappa shape index (κ3) is 4.97. The molecule has 120 valence electrons. The van der Waals surface area contributed by atoms with Crippen molar-refractivity contribution in [1.29, 1.82) is 0 Å². The van der Waals surface area contributed by atoms with Crippen LogP contribution in [0.4, 0.5) is 0 Å². The predicted molar refractivity (Wildman–Crippen MR) is 78.0 cm³/mol. The Labute approximate surface area is 125 Å². The Morgan fingerprint density at radius 2 is 2.00 bits per heavy atom. The van der Waals surface area contributed by atoms with Gasteiger partial charge >= 0.3 is 5.97 Å². The van der Waals surface area contributed by atoms with Gasteiger partial charge in [0, 0.05) is 13.1 Å². The van der Waals surface area contributed by atoms with Crippen molar-refractivity contribution in [2.75, 3.05) is 26.2 Å². The Morgan fingerprint density at radius 3 is 2.62 bits per heavy atom. The van der Waals surface area contributed by atoms with Crippen LogP contribution in [0.15, 0.2) is 0 Å². The molecule has 6 nitrogen and oxygen atoms in total. The maximum atomic E-state index is 12.5. The molecular formula is C15H26N2O4. The van der Waals surface area contributed by atoms with E-state index >= 15 is 0 Å². The van der Waals surface area contributed by atoms with Gasteiger partial charge in [0.1, 0.15) is 0 Å². The van der Waals surface area contributed by atoms with Crippen molar-refractivity contribution in [2.45, 2.75) is 51.2 Å². The molecule has 0 bridgehead atoms. The van der Waals surface area contributed by atoms with Gasteiger partial charge in [0.05, 0.1) is 25.2 Å². The van der Waals surface area contributed by atoms with Crippen molar-refractivity contribution in [2.24, 2.45) is 5.92 Å². The number of hydrogen-bond donors (Lipinski definition) is 2. The first kappa shape index (κ1) is 16.2. The number of hydrogen-bond acceptors (Lipinski definition) is 4. The lowest BCUT2D eigenvalue weighted by Gasteiger charge is -2.36. The van der Waals surface area contributed by atoms with Crippen molar-refractivity contribution in [1.82, 2.24) is 10.2 Å². The van der Waals surface area contributed by atoms with Crippen LogP contribution >= 0.6 is 0 Å². The summed E-state index contributed by atoms with van der Waals surface area (Å²) in [5, 5.41) is 11.9. The van der Waals surface area contributed by atoms with Gasteiger partial charge in [-0.25, -0.2) is 0 Å². The first-order valence-corrected chi connectivity index (χ1v) is 7.92. The lowest BCUT2D eigenvalue weighted by molar-refractivity contribution is -0.139. The first-order chi connectivity index (χ1) is 10.1. The van der Waals surface area contributed by atoms with E-state index in [2.05, 4.69) is 12.2 Å². The number of likely N-dealkylation sites (tertiary alicyclic amines) is 1. The van der Waals surface area contributed by atoms with Crippen molar-refractivity contribution < 1.29 is 19.4 Å². The number of rotatable bonds is 5. The fraction of sp³-hybridized carbons (Fsp3) is 0.867. The second-order valence-corrected chi connectivity index (χ2v) is 6.18. The van der Waals surface area contributed by atoms with Crippen LogP contribution in [0.25, 0.3) is 0 Å². The number of carbonyl (C=O) groups is 2. The molecule has 2 rings (SSSR count). The zero-order valence-electron chi connectivity index (χ0n) is 12.7. The standard InChI is InChI=1S/C15H26N2O4/c1-11-2-6-16-13(10-11)15(20)17-7-3-12(4-8-17)21-9-5-14(18)19/h11-13,16H,2-10H2,1H3,(H,18,19). The minimum absolute atomic E-state index is 0.0294. The number of amides is 1. The molecule has 2 aliphatic heterocycles. The van der Waals surface area contributed by atoms with Gasteiger partial charge in [0.2, 0.25) is 5.91 Å². The van der Waals surface area contributed by atoms with Gasteiger partial charge in [-0.1, -0.05) is 6.92 Å². The lowest BCUT2D eigenvalue weighted by Crippen LogP contribution is -2.52. The van der Waals surface area contributed by atoms with E-state index in [0.29, 0.717) is 19.0 Å². The van der Waals surface area contributed by atoms with Crippen molar-refractivity contribution in [3.63, 3.8) is 0 Å². The molecule has 0 aliphatic carbocycles. The Bertz CT molecular complexity index is 367. The van der Waals surface area contributed by atoms with Crippen LogP contribution in [0.3, 0.4) is 0 Å². The van der Waals surface area contributed by atoms with Crippen LogP contribution in [-0.2, 0) is 14.3 Å². The average Bonchev–Trinajstić information content (AvgIpc) is 2.47. The zero-order valence-corrected chi connectivity index (χ0v) is 12.7. The van der Waals surface area contributed by atoms with Gasteiger partial charge < -0.3 is 20.1 Å². The van der Waals surface area contributed by atoms with E-state index in [9.17, 15) is 9.59 Å². The summed E-state index contributed by atoms with van der Waals surface area (Å²) < 4.78 is 5.55. The summed E-state index contributed by atoms with van der Waals surface area (Å²) in [4.78, 5) is 24.8. The van der Waals surface area contributed by atoms with Crippen LogP contribution in [0.2, 0.25) is 0 Å². The monoisotopic (exact) mass is 298 g/mol. The number of piperidine rings is 2. The fourth-order valence-electron chi connectivity index (χ4n) is 3.07. The molecule has 0 spiro atoms. The van der Waals surface area contributed by atoms with E-state index in [1.165, 1.54) is 0 Å². The molecule has 2 heterocycles. The van der Waals surface area contributed by atoms with Crippen LogP contribution in [-0.4, -0.2) is 60.3 Å². The SMILES string of the molecule is CC1CCNC(C(=O)N2CCC(OCCC(=O)O)CC2)C1. The number of carbonyl (C=O) groups excluding carboxylic acids is 1. The number of aliphatic carboxylic acids is 1. The highest BCUT2D eigenvalue weighted by molar-refractivity contribution is 5.82. The summed E-state index contributed by atoms with van der Waals surface area (Å²) in [5.41, 5.74) is 0. The number of carboxylic acids is 1. The number of carboxylic acid groups (broad SMARTS) is 1. The fourth-order valence-corrected chi connectivity index (χ4v) is 3.07. The molecular weight excluding hydrogens is 272 g/mol. The summed E-state index contributed by atoms with van der Waals surface area (Å²) >= 11 is 0. The maximum Gasteiger partial charge on any atom is 0.305 e. The van der Waals surface area contributed by atoms with Gasteiger partial charge in [-0.05, 0) is 38.1 Å². The molecule has 0 aromatic heterocycles. The molecule has 2 saturated heterocycles. The van der Waals surface area contributed by atoms with Gasteiger partial charge in [0.25, 0.3) is 0 Å². The van der Waals surface area contributed by atoms with E-state index in [1.54, 1.807) is 0 Å². The molecule has 2 atom stereocenters. The number of ether oxygens (including phenoxy) is 1. The summed E-state index contributed by atoms with van der Waals surface area (Å²) in [6.45, 7) is 4.80. The minimum atomic E-state index is -0.833. The van der Waals surface area contributed by atoms with Gasteiger partial charge in [-0.2, -0.15) is 0 Å². The molecule has 0 radical (unpaired) electrons. The highest BCUT2D eigenvalue weighted by Gasteiger charge is 2.30. The van der Waals surface area contributed by atoms with Gasteiger partial charge in [-0.15, -0.1) is 0 Å². The highest BCUT2D eigenvalue weighted by atomic mass is 16.5. The van der Waals surface area contributed by atoms with Gasteiger partial charge in [-0.3, -0.25) is 9.59 Å². The number of nitrogens with zero attached hydrogens (tertiary/aromatic N) is 1. The topological polar surface area (TPSA) is 78.9 Å². The summed E-state index contributed by atoms with van der Waals surface area (Å²) in [6, 6.07) is -0.0294. The largest absolute Gasteiger partial charge is 0.481 e. The average molecular weight is 298 g/mol. The van der Waals surface area contributed by atoms with Crippen LogP contribution in [0, 0.1) is 5.92 Å². The van der Waals surface area contributed by atoms with Gasteiger partial charge in [0.15, 0.2) is 0 Å². The molecule has 1 amide bonds. The lowest BCUT2D eigenvalue weighted by atomic mass is 9.93. The number of nitrogens with one attached hydrogen (secondary N) is 1. The molecule has 2 fully saturated rings. The second kappa shape index (κ2) is 7.75. The normalized spacial score (nSPS) is 27.6. The molecule has 0 aromatic carbocycles. The molecule has 2 aliphatic rings. The summed E-state index contributed by atoms with van der Waals surface area (Å²) in [5.74, 6) is -0.0114. The minimum Gasteiger partial charge on any atom is -0.481 e. The molecule has 0 aromatic rings. The maximum absolute atomic E-state index is 12.5. The molecule has 21 heavy (non-hydrogen) atoms. The third-order valence-corrected chi connectivity index (χ3v) is 4.39. The Morgan fingerprint density at radius 1 is 1.29 bits per heavy atom. The predicted octanol–water partition coefficient (Wildman–Crippen LogP) is 0.857. The molecule has 6 heteroatoms. The van der Waals surface area contributed by atoms with Crippen molar-refractivity contribution >= 4 is 11.9 Å². The smallest absolute Gasteiger partial charge is 0.305 e. The van der Waals surface area contributed by atoms with Crippen LogP contribution < -0.4 is 5.32 Å². The van der Waals surface area contributed by atoms with E-state index in [1.807, 2.05) is 4.90 Å². The molecule has 0 saturated carbocycles. The quantitative estimate of drug-likeness (QED) is 0.787. The Kier molecular flexibility index (Phi) is 5.99. The van der Waals surface area contributed by atoms with Crippen molar-refractivity contribution in [3.05, 3.63) is 0 Å². The van der Waals surface area contributed by atoms with Crippen LogP contribution in [0.5, 0.6) is 0 Å². The summed E-state index contributed by atoms with van der Waals surface area (Å²) in [7, 11) is 0. The second-order valence-electron chi connectivity index (χ2n) is 6.18. The zero-order chi connectivity index (χ0) is 15.2. The summed E-state index contributed by atoms with van der Waals surface area (Å²) in [6.07, 6.45) is 3.80. The van der Waals surface area contributed by atoms with E-state index in [-0.39, 0.29) is 31.1 Å². The van der Waals surface area contributed by atoms with Crippen LogP contribution in [0.1, 0.15) is 39.0 Å². The Balaban J connectivity index is 1.70. The third-order valence-electron chi connectivity index (χ3n) is 4.39. The highest BCUT2D eigenvalue weighted by Crippen LogP contribution is 2.20.